The van der Waals surface area contributed by atoms with Gasteiger partial charge in [0.1, 0.15) is 0 Å². The van der Waals surface area contributed by atoms with Crippen molar-refractivity contribution in [2.75, 3.05) is 13.1 Å². The third kappa shape index (κ3) is 3.05. The Balaban J connectivity index is 1.79. The molecule has 3 heteroatoms. The first kappa shape index (κ1) is 11.1. The van der Waals surface area contributed by atoms with Crippen LogP contribution in [0.3, 0.4) is 0 Å². The van der Waals surface area contributed by atoms with Gasteiger partial charge in [-0.3, -0.25) is 9.78 Å². The molecule has 0 saturated carbocycles. The first-order valence-electron chi connectivity index (χ1n) is 6.04. The summed E-state index contributed by atoms with van der Waals surface area (Å²) in [6, 6.07) is 5.84. The van der Waals surface area contributed by atoms with Gasteiger partial charge in [-0.25, -0.2) is 0 Å². The molecule has 0 N–H and O–H groups in total. The third-order valence-corrected chi connectivity index (χ3v) is 3.03. The summed E-state index contributed by atoms with van der Waals surface area (Å²) >= 11 is 0. The fraction of sp³-hybridized carbons (Fsp3) is 0.538. The Bertz CT molecular complexity index is 331. The predicted molar refractivity (Wildman–Crippen MR) is 63.0 cm³/mol. The van der Waals surface area contributed by atoms with Crippen LogP contribution in [-0.4, -0.2) is 28.9 Å². The molecule has 1 aliphatic rings. The summed E-state index contributed by atoms with van der Waals surface area (Å²) in [4.78, 5) is 18.1. The van der Waals surface area contributed by atoms with Crippen LogP contribution in [0.4, 0.5) is 0 Å². The van der Waals surface area contributed by atoms with Crippen molar-refractivity contribution in [2.45, 2.75) is 32.1 Å². The number of hydrogen-bond acceptors (Lipinski definition) is 2. The van der Waals surface area contributed by atoms with E-state index in [2.05, 4.69) is 4.98 Å². The molecular weight excluding hydrogens is 200 g/mol. The van der Waals surface area contributed by atoms with Gasteiger partial charge in [0.25, 0.3) is 0 Å². The molecule has 0 aliphatic carbocycles. The highest BCUT2D eigenvalue weighted by molar-refractivity contribution is 5.76. The zero-order valence-electron chi connectivity index (χ0n) is 9.56. The molecular formula is C13H18N2O. The van der Waals surface area contributed by atoms with Gasteiger partial charge in [-0.15, -0.1) is 0 Å². The number of aromatic nitrogens is 1. The first-order valence-corrected chi connectivity index (χ1v) is 6.04. The lowest BCUT2D eigenvalue weighted by Crippen LogP contribution is -2.35. The summed E-state index contributed by atoms with van der Waals surface area (Å²) in [6.45, 7) is 1.89. The van der Waals surface area contributed by atoms with E-state index in [0.29, 0.717) is 6.42 Å². The average molecular weight is 218 g/mol. The van der Waals surface area contributed by atoms with E-state index in [-0.39, 0.29) is 5.91 Å². The van der Waals surface area contributed by atoms with E-state index in [1.54, 1.807) is 6.20 Å². The molecule has 0 unspecified atom stereocenters. The van der Waals surface area contributed by atoms with Crippen LogP contribution in [0.1, 0.15) is 31.4 Å². The molecule has 1 saturated heterocycles. The van der Waals surface area contributed by atoms with E-state index in [0.717, 1.165) is 38.0 Å². The summed E-state index contributed by atoms with van der Waals surface area (Å²) < 4.78 is 0. The maximum atomic E-state index is 11.9. The Labute approximate surface area is 96.5 Å². The number of pyridine rings is 1. The van der Waals surface area contributed by atoms with Crippen molar-refractivity contribution >= 4 is 5.91 Å². The highest BCUT2D eigenvalue weighted by Crippen LogP contribution is 2.10. The summed E-state index contributed by atoms with van der Waals surface area (Å²) in [7, 11) is 0. The van der Waals surface area contributed by atoms with E-state index in [9.17, 15) is 4.79 Å². The lowest BCUT2D eigenvalue weighted by Gasteiger charge is -2.26. The van der Waals surface area contributed by atoms with Crippen molar-refractivity contribution in [1.82, 2.24) is 9.88 Å². The fourth-order valence-electron chi connectivity index (χ4n) is 2.08. The molecule has 0 atom stereocenters. The molecule has 3 nitrogen and oxygen atoms in total. The number of hydrogen-bond donors (Lipinski definition) is 0. The van der Waals surface area contributed by atoms with Crippen LogP contribution < -0.4 is 0 Å². The van der Waals surface area contributed by atoms with E-state index in [1.807, 2.05) is 23.1 Å². The summed E-state index contributed by atoms with van der Waals surface area (Å²) in [5.74, 6) is 0.283. The van der Waals surface area contributed by atoms with Crippen molar-refractivity contribution in [1.29, 1.82) is 0 Å². The number of likely N-dealkylation sites (tertiary alicyclic amines) is 1. The van der Waals surface area contributed by atoms with Crippen molar-refractivity contribution < 1.29 is 4.79 Å². The SMILES string of the molecule is O=C(CCc1ccccn1)N1CCCCC1. The summed E-state index contributed by atoms with van der Waals surface area (Å²) in [6.07, 6.45) is 6.72. The van der Waals surface area contributed by atoms with Crippen molar-refractivity contribution in [2.24, 2.45) is 0 Å². The van der Waals surface area contributed by atoms with Crippen LogP contribution in [-0.2, 0) is 11.2 Å². The lowest BCUT2D eigenvalue weighted by atomic mass is 10.1. The zero-order valence-corrected chi connectivity index (χ0v) is 9.56. The maximum Gasteiger partial charge on any atom is 0.222 e. The number of carbonyl (C=O) groups excluding carboxylic acids is 1. The van der Waals surface area contributed by atoms with E-state index >= 15 is 0 Å². The number of aryl methyl sites for hydroxylation is 1. The largest absolute Gasteiger partial charge is 0.343 e. The minimum atomic E-state index is 0.283. The quantitative estimate of drug-likeness (QED) is 0.777. The molecule has 16 heavy (non-hydrogen) atoms. The fourth-order valence-corrected chi connectivity index (χ4v) is 2.08. The van der Waals surface area contributed by atoms with E-state index < -0.39 is 0 Å². The lowest BCUT2D eigenvalue weighted by molar-refractivity contribution is -0.132. The van der Waals surface area contributed by atoms with Crippen molar-refractivity contribution in [3.05, 3.63) is 30.1 Å². The Morgan fingerprint density at radius 2 is 2.06 bits per heavy atom. The van der Waals surface area contributed by atoms with Gasteiger partial charge in [-0.1, -0.05) is 6.07 Å². The maximum absolute atomic E-state index is 11.9. The van der Waals surface area contributed by atoms with Crippen LogP contribution in [0.5, 0.6) is 0 Å². The molecule has 1 aliphatic heterocycles. The predicted octanol–water partition coefficient (Wildman–Crippen LogP) is 2.03. The van der Waals surface area contributed by atoms with Gasteiger partial charge in [-0.2, -0.15) is 0 Å². The smallest absolute Gasteiger partial charge is 0.222 e. The standard InChI is InChI=1S/C13H18N2O/c16-13(15-10-4-1-5-11-15)8-7-12-6-2-3-9-14-12/h2-3,6,9H,1,4-5,7-8,10-11H2. The summed E-state index contributed by atoms with van der Waals surface area (Å²) in [5, 5.41) is 0. The molecule has 1 fully saturated rings. The van der Waals surface area contributed by atoms with Crippen LogP contribution in [0.25, 0.3) is 0 Å². The molecule has 0 spiro atoms. The number of rotatable bonds is 3. The normalized spacial score (nSPS) is 16.1. The van der Waals surface area contributed by atoms with Gasteiger partial charge in [0.15, 0.2) is 0 Å². The highest BCUT2D eigenvalue weighted by atomic mass is 16.2. The Kier molecular flexibility index (Phi) is 3.91. The Morgan fingerprint density at radius 1 is 1.25 bits per heavy atom. The molecule has 2 rings (SSSR count). The van der Waals surface area contributed by atoms with Gasteiger partial charge in [0.2, 0.25) is 5.91 Å². The minimum Gasteiger partial charge on any atom is -0.343 e. The zero-order chi connectivity index (χ0) is 11.2. The second-order valence-electron chi connectivity index (χ2n) is 4.26. The molecule has 86 valence electrons. The van der Waals surface area contributed by atoms with E-state index in [1.165, 1.54) is 6.42 Å². The second kappa shape index (κ2) is 5.64. The second-order valence-corrected chi connectivity index (χ2v) is 4.26. The number of amides is 1. The highest BCUT2D eigenvalue weighted by Gasteiger charge is 2.15. The van der Waals surface area contributed by atoms with Crippen LogP contribution in [0.2, 0.25) is 0 Å². The number of nitrogens with zero attached hydrogens (tertiary/aromatic N) is 2. The monoisotopic (exact) mass is 218 g/mol. The molecule has 2 heterocycles. The molecule has 1 aromatic rings. The van der Waals surface area contributed by atoms with Gasteiger partial charge < -0.3 is 4.90 Å². The molecule has 0 aromatic carbocycles. The number of carbonyl (C=O) groups is 1. The van der Waals surface area contributed by atoms with Gasteiger partial charge in [0, 0.05) is 31.4 Å². The first-order chi connectivity index (χ1) is 7.86. The third-order valence-electron chi connectivity index (χ3n) is 3.03. The number of piperidine rings is 1. The van der Waals surface area contributed by atoms with Gasteiger partial charge in [-0.05, 0) is 37.8 Å². The molecule has 1 amide bonds. The van der Waals surface area contributed by atoms with Gasteiger partial charge >= 0.3 is 0 Å². The van der Waals surface area contributed by atoms with Crippen molar-refractivity contribution in [3.63, 3.8) is 0 Å². The summed E-state index contributed by atoms with van der Waals surface area (Å²) in [5.41, 5.74) is 1.01. The van der Waals surface area contributed by atoms with Gasteiger partial charge in [0.05, 0.1) is 0 Å². The van der Waals surface area contributed by atoms with E-state index in [4.69, 9.17) is 0 Å². The molecule has 0 bridgehead atoms. The Morgan fingerprint density at radius 3 is 2.75 bits per heavy atom. The van der Waals surface area contributed by atoms with Crippen LogP contribution in [0, 0.1) is 0 Å². The van der Waals surface area contributed by atoms with Crippen LogP contribution in [0.15, 0.2) is 24.4 Å². The molecule has 1 aromatic heterocycles. The minimum absolute atomic E-state index is 0.283. The van der Waals surface area contributed by atoms with Crippen LogP contribution >= 0.6 is 0 Å². The average Bonchev–Trinajstić information content (AvgIpc) is 2.38. The molecule has 0 radical (unpaired) electrons. The van der Waals surface area contributed by atoms with Crippen molar-refractivity contribution in [3.8, 4) is 0 Å². The Hall–Kier alpha value is -1.38. The topological polar surface area (TPSA) is 33.2 Å².